The molecule has 0 bridgehead atoms. The maximum atomic E-state index is 12.9. The van der Waals surface area contributed by atoms with Gasteiger partial charge in [0.25, 0.3) is 5.91 Å². The van der Waals surface area contributed by atoms with Crippen LogP contribution in [0.2, 0.25) is 0 Å². The fourth-order valence-electron chi connectivity index (χ4n) is 4.49. The second-order valence-corrected chi connectivity index (χ2v) is 9.20. The number of nitrogens with zero attached hydrogens (tertiary/aromatic N) is 1. The first-order chi connectivity index (χ1) is 14.0. The van der Waals surface area contributed by atoms with E-state index in [4.69, 9.17) is 0 Å². The van der Waals surface area contributed by atoms with E-state index in [1.165, 1.54) is 5.56 Å². The molecule has 1 fully saturated rings. The van der Waals surface area contributed by atoms with Crippen molar-refractivity contribution >= 4 is 27.7 Å². The number of hydrogen-bond acceptors (Lipinski definition) is 2. The molecule has 0 aromatic heterocycles. The van der Waals surface area contributed by atoms with Crippen molar-refractivity contribution < 1.29 is 9.59 Å². The smallest absolute Gasteiger partial charge is 0.254 e. The van der Waals surface area contributed by atoms with E-state index in [1.807, 2.05) is 18.2 Å². The first kappa shape index (κ1) is 20.1. The lowest BCUT2D eigenvalue weighted by atomic mass is 9.86. The Bertz CT molecular complexity index is 908. The summed E-state index contributed by atoms with van der Waals surface area (Å²) in [6.45, 7) is 3.59. The van der Waals surface area contributed by atoms with Gasteiger partial charge in [0.15, 0.2) is 0 Å². The molecule has 1 aliphatic carbocycles. The molecule has 2 aromatic rings. The average molecular weight is 455 g/mol. The zero-order valence-corrected chi connectivity index (χ0v) is 18.4. The number of nitrogens with one attached hydrogen (secondary N) is 1. The van der Waals surface area contributed by atoms with Crippen LogP contribution in [0.4, 0.5) is 0 Å². The van der Waals surface area contributed by atoms with Crippen molar-refractivity contribution in [3.05, 3.63) is 69.7 Å². The van der Waals surface area contributed by atoms with Gasteiger partial charge in [0.1, 0.15) is 0 Å². The Balaban J connectivity index is 1.34. The third kappa shape index (κ3) is 4.25. The van der Waals surface area contributed by atoms with Gasteiger partial charge in [-0.3, -0.25) is 9.59 Å². The molecule has 1 unspecified atom stereocenters. The van der Waals surface area contributed by atoms with Crippen LogP contribution < -0.4 is 5.32 Å². The molecule has 152 valence electrons. The van der Waals surface area contributed by atoms with Gasteiger partial charge in [0, 0.05) is 28.5 Å². The maximum absolute atomic E-state index is 12.9. The molecule has 1 saturated carbocycles. The summed E-state index contributed by atoms with van der Waals surface area (Å²) in [7, 11) is 0. The normalized spacial score (nSPS) is 17.7. The fraction of sp³-hybridized carbons (Fsp3) is 0.417. The molecule has 1 N–H and O–H groups in total. The number of carbonyl (C=O) groups is 2. The molecular formula is C24H27BrN2O2. The minimum absolute atomic E-state index is 0.0316. The minimum atomic E-state index is -0.0716. The molecule has 1 atom stereocenters. The van der Waals surface area contributed by atoms with Crippen LogP contribution in [0.1, 0.15) is 60.0 Å². The lowest BCUT2D eigenvalue weighted by molar-refractivity contribution is -0.121. The average Bonchev–Trinajstić information content (AvgIpc) is 3.50. The Labute approximate surface area is 180 Å². The molecule has 0 saturated heterocycles. The van der Waals surface area contributed by atoms with Crippen molar-refractivity contribution in [1.29, 1.82) is 0 Å². The second-order valence-electron chi connectivity index (χ2n) is 8.29. The van der Waals surface area contributed by atoms with Gasteiger partial charge in [0.2, 0.25) is 5.91 Å². The fourth-order valence-corrected chi connectivity index (χ4v) is 4.85. The molecular weight excluding hydrogens is 428 g/mol. The molecule has 29 heavy (non-hydrogen) atoms. The minimum Gasteiger partial charge on any atom is -0.355 e. The molecule has 5 heteroatoms. The maximum Gasteiger partial charge on any atom is 0.254 e. The summed E-state index contributed by atoms with van der Waals surface area (Å²) in [6, 6.07) is 16.3. The van der Waals surface area contributed by atoms with Gasteiger partial charge >= 0.3 is 0 Å². The highest BCUT2D eigenvalue weighted by Crippen LogP contribution is 2.52. The molecule has 4 rings (SSSR count). The quantitative estimate of drug-likeness (QED) is 0.662. The first-order valence-corrected chi connectivity index (χ1v) is 11.2. The Hall–Kier alpha value is -2.14. The number of hydrogen-bond donors (Lipinski definition) is 1. The molecule has 1 heterocycles. The van der Waals surface area contributed by atoms with Gasteiger partial charge in [-0.2, -0.15) is 0 Å². The highest BCUT2D eigenvalue weighted by atomic mass is 79.9. The van der Waals surface area contributed by atoms with Gasteiger partial charge in [-0.15, -0.1) is 0 Å². The molecule has 2 amide bonds. The van der Waals surface area contributed by atoms with Gasteiger partial charge < -0.3 is 10.2 Å². The van der Waals surface area contributed by atoms with Gasteiger partial charge in [-0.25, -0.2) is 0 Å². The molecule has 0 radical (unpaired) electrons. The van der Waals surface area contributed by atoms with Crippen LogP contribution in [0.5, 0.6) is 0 Å². The van der Waals surface area contributed by atoms with E-state index < -0.39 is 0 Å². The molecule has 2 aliphatic rings. The number of halogens is 1. The lowest BCUT2D eigenvalue weighted by Gasteiger charge is -2.34. The third-order valence-corrected chi connectivity index (χ3v) is 6.82. The van der Waals surface area contributed by atoms with E-state index in [2.05, 4.69) is 58.5 Å². The highest BCUT2D eigenvalue weighted by Gasteiger charge is 2.51. The predicted molar refractivity (Wildman–Crippen MR) is 118 cm³/mol. The van der Waals surface area contributed by atoms with E-state index in [9.17, 15) is 9.59 Å². The van der Waals surface area contributed by atoms with Crippen LogP contribution in [0.25, 0.3) is 0 Å². The second kappa shape index (κ2) is 8.31. The standard InChI is InChI=1S/C24H27BrN2O2/c1-2-17(18-6-4-3-5-7-18)10-13-26-22(28)15-27-16-24(11-12-24)21-14-19(25)8-9-20(21)23(27)29/h3-9,14,17H,2,10-13,15-16H2,1H3,(H,26,28). The SMILES string of the molecule is CCC(CCNC(=O)CN1CC2(CC2)c2cc(Br)ccc2C1=O)c1ccccc1. The van der Waals surface area contributed by atoms with Gasteiger partial charge in [-0.05, 0) is 60.9 Å². The summed E-state index contributed by atoms with van der Waals surface area (Å²) in [6.07, 6.45) is 4.11. The lowest BCUT2D eigenvalue weighted by Crippen LogP contribution is -2.48. The van der Waals surface area contributed by atoms with Crippen molar-refractivity contribution in [2.24, 2.45) is 0 Å². The largest absolute Gasteiger partial charge is 0.355 e. The van der Waals surface area contributed by atoms with Crippen LogP contribution >= 0.6 is 15.9 Å². The van der Waals surface area contributed by atoms with Crippen molar-refractivity contribution in [3.63, 3.8) is 0 Å². The number of rotatable bonds is 7. The summed E-state index contributed by atoms with van der Waals surface area (Å²) in [5.41, 5.74) is 3.25. The molecule has 1 aliphatic heterocycles. The van der Waals surface area contributed by atoms with E-state index in [-0.39, 0.29) is 23.8 Å². The van der Waals surface area contributed by atoms with E-state index in [0.29, 0.717) is 19.0 Å². The van der Waals surface area contributed by atoms with Crippen LogP contribution in [0.15, 0.2) is 53.0 Å². The monoisotopic (exact) mass is 454 g/mol. The molecule has 2 aromatic carbocycles. The number of amides is 2. The summed E-state index contributed by atoms with van der Waals surface area (Å²) < 4.78 is 1.01. The van der Waals surface area contributed by atoms with Crippen LogP contribution in [-0.2, 0) is 10.2 Å². The first-order valence-electron chi connectivity index (χ1n) is 10.4. The molecule has 4 nitrogen and oxygen atoms in total. The Morgan fingerprint density at radius 3 is 2.66 bits per heavy atom. The van der Waals surface area contributed by atoms with Crippen molar-refractivity contribution in [3.8, 4) is 0 Å². The predicted octanol–water partition coefficient (Wildman–Crippen LogP) is 4.64. The molecule has 1 spiro atoms. The summed E-state index contributed by atoms with van der Waals surface area (Å²) in [5, 5.41) is 3.03. The van der Waals surface area contributed by atoms with Crippen molar-refractivity contribution in [2.75, 3.05) is 19.6 Å². The topological polar surface area (TPSA) is 49.4 Å². The van der Waals surface area contributed by atoms with Crippen LogP contribution in [0, 0.1) is 0 Å². The number of fused-ring (bicyclic) bond motifs is 2. The van der Waals surface area contributed by atoms with Crippen molar-refractivity contribution in [2.45, 2.75) is 43.9 Å². The zero-order valence-electron chi connectivity index (χ0n) is 16.8. The van der Waals surface area contributed by atoms with Crippen LogP contribution in [-0.4, -0.2) is 36.3 Å². The van der Waals surface area contributed by atoms with Gasteiger partial charge in [0.05, 0.1) is 6.54 Å². The van der Waals surface area contributed by atoms with Crippen LogP contribution in [0.3, 0.4) is 0 Å². The zero-order chi connectivity index (χ0) is 20.4. The van der Waals surface area contributed by atoms with Crippen molar-refractivity contribution in [1.82, 2.24) is 10.2 Å². The number of benzene rings is 2. The summed E-state index contributed by atoms with van der Waals surface area (Å²) in [4.78, 5) is 27.2. The number of carbonyl (C=O) groups excluding carboxylic acids is 2. The summed E-state index contributed by atoms with van der Waals surface area (Å²) >= 11 is 3.52. The van der Waals surface area contributed by atoms with E-state index in [1.54, 1.807) is 4.90 Å². The summed E-state index contributed by atoms with van der Waals surface area (Å²) in [5.74, 6) is 0.335. The Morgan fingerprint density at radius 2 is 1.97 bits per heavy atom. The Morgan fingerprint density at radius 1 is 1.21 bits per heavy atom. The van der Waals surface area contributed by atoms with E-state index >= 15 is 0 Å². The van der Waals surface area contributed by atoms with E-state index in [0.717, 1.165) is 41.3 Å². The van der Waals surface area contributed by atoms with Gasteiger partial charge in [-0.1, -0.05) is 53.2 Å². The highest BCUT2D eigenvalue weighted by molar-refractivity contribution is 9.10. The Kier molecular flexibility index (Phi) is 5.77. The third-order valence-electron chi connectivity index (χ3n) is 6.33.